The topological polar surface area (TPSA) is 46.5 Å². The van der Waals surface area contributed by atoms with E-state index in [0.717, 1.165) is 0 Å². The molecule has 0 saturated heterocycles. The number of esters is 1. The average Bonchev–Trinajstić information content (AvgIpc) is 2.13. The quantitative estimate of drug-likeness (QED) is 0.801. The fourth-order valence-corrected chi connectivity index (χ4v) is 1.46. The molecule has 0 bridgehead atoms. The van der Waals surface area contributed by atoms with Crippen LogP contribution in [0.15, 0.2) is 12.1 Å². The van der Waals surface area contributed by atoms with E-state index in [1.165, 1.54) is 12.1 Å². The summed E-state index contributed by atoms with van der Waals surface area (Å²) < 4.78 is 4.73. The van der Waals surface area contributed by atoms with E-state index in [9.17, 15) is 9.90 Å². The Kier molecular flexibility index (Phi) is 3.61. The number of aromatic hydroxyl groups is 1. The summed E-state index contributed by atoms with van der Waals surface area (Å²) in [6, 6.07) is 2.70. The van der Waals surface area contributed by atoms with Crippen molar-refractivity contribution in [2.45, 2.75) is 6.92 Å². The first-order chi connectivity index (χ1) is 6.57. The van der Waals surface area contributed by atoms with E-state index in [0.29, 0.717) is 0 Å². The van der Waals surface area contributed by atoms with Crippen molar-refractivity contribution in [3.63, 3.8) is 0 Å². The van der Waals surface area contributed by atoms with Gasteiger partial charge < -0.3 is 9.84 Å². The van der Waals surface area contributed by atoms with Crippen molar-refractivity contribution in [3.8, 4) is 5.75 Å². The van der Waals surface area contributed by atoms with Crippen LogP contribution in [0.5, 0.6) is 5.75 Å². The first-order valence-electron chi connectivity index (χ1n) is 3.92. The van der Waals surface area contributed by atoms with Gasteiger partial charge in [0, 0.05) is 0 Å². The number of halogens is 2. The van der Waals surface area contributed by atoms with Crippen LogP contribution < -0.4 is 0 Å². The van der Waals surface area contributed by atoms with Crippen LogP contribution in [-0.4, -0.2) is 17.7 Å². The Balaban J connectivity index is 3.18. The number of hydrogen-bond donors (Lipinski definition) is 1. The lowest BCUT2D eigenvalue weighted by Crippen LogP contribution is -2.06. The van der Waals surface area contributed by atoms with Crippen molar-refractivity contribution in [2.24, 2.45) is 0 Å². The molecule has 1 aromatic rings. The van der Waals surface area contributed by atoms with Crippen LogP contribution in [0.4, 0.5) is 0 Å². The minimum absolute atomic E-state index is 0.00446. The van der Waals surface area contributed by atoms with Crippen LogP contribution in [0.3, 0.4) is 0 Å². The van der Waals surface area contributed by atoms with Gasteiger partial charge in [0.05, 0.1) is 16.7 Å². The van der Waals surface area contributed by atoms with Gasteiger partial charge in [-0.2, -0.15) is 0 Å². The Morgan fingerprint density at radius 2 is 2.14 bits per heavy atom. The molecule has 5 heteroatoms. The SMILES string of the molecule is CCOC(=O)c1c(Cl)ccc(O)c1Cl. The van der Waals surface area contributed by atoms with E-state index < -0.39 is 5.97 Å². The standard InChI is InChI=1S/C9H8Cl2O3/c1-2-14-9(13)7-5(10)3-4-6(12)8(7)11/h3-4,12H,2H2,1H3. The maximum atomic E-state index is 11.3. The Morgan fingerprint density at radius 1 is 1.50 bits per heavy atom. The summed E-state index contributed by atoms with van der Waals surface area (Å²) in [6.45, 7) is 1.89. The van der Waals surface area contributed by atoms with Gasteiger partial charge in [-0.3, -0.25) is 0 Å². The van der Waals surface area contributed by atoms with Gasteiger partial charge in [-0.25, -0.2) is 4.79 Å². The van der Waals surface area contributed by atoms with Crippen molar-refractivity contribution >= 4 is 29.2 Å². The zero-order valence-electron chi connectivity index (χ0n) is 7.38. The monoisotopic (exact) mass is 234 g/mol. The molecule has 0 aromatic heterocycles. The minimum Gasteiger partial charge on any atom is -0.506 e. The molecule has 0 unspecified atom stereocenters. The molecule has 0 aliphatic carbocycles. The van der Waals surface area contributed by atoms with Crippen LogP contribution in [0.2, 0.25) is 10.0 Å². The highest BCUT2D eigenvalue weighted by molar-refractivity contribution is 6.40. The smallest absolute Gasteiger partial charge is 0.341 e. The van der Waals surface area contributed by atoms with Crippen LogP contribution >= 0.6 is 23.2 Å². The molecule has 76 valence electrons. The molecular weight excluding hydrogens is 227 g/mol. The molecule has 0 amide bonds. The first kappa shape index (κ1) is 11.1. The van der Waals surface area contributed by atoms with Gasteiger partial charge in [-0.1, -0.05) is 23.2 Å². The second kappa shape index (κ2) is 4.53. The van der Waals surface area contributed by atoms with E-state index in [4.69, 9.17) is 27.9 Å². The van der Waals surface area contributed by atoms with Crippen molar-refractivity contribution in [3.05, 3.63) is 27.7 Å². The van der Waals surface area contributed by atoms with Crippen LogP contribution in [0, 0.1) is 0 Å². The number of hydrogen-bond acceptors (Lipinski definition) is 3. The molecule has 14 heavy (non-hydrogen) atoms. The average molecular weight is 235 g/mol. The molecular formula is C9H8Cl2O3. The molecule has 0 aliphatic heterocycles. The molecule has 0 fully saturated rings. The third-order valence-corrected chi connectivity index (χ3v) is 2.25. The number of ether oxygens (including phenoxy) is 1. The number of phenols is 1. The predicted molar refractivity (Wildman–Crippen MR) is 54.1 cm³/mol. The van der Waals surface area contributed by atoms with Gasteiger partial charge in [0.15, 0.2) is 0 Å². The maximum absolute atomic E-state index is 11.3. The van der Waals surface area contributed by atoms with Crippen molar-refractivity contribution in [2.75, 3.05) is 6.61 Å². The zero-order valence-corrected chi connectivity index (χ0v) is 8.89. The van der Waals surface area contributed by atoms with Gasteiger partial charge in [0.25, 0.3) is 0 Å². The summed E-state index contributed by atoms with van der Waals surface area (Å²) >= 11 is 11.4. The number of phenolic OH excluding ortho intramolecular Hbond substituents is 1. The highest BCUT2D eigenvalue weighted by Crippen LogP contribution is 2.32. The first-order valence-corrected chi connectivity index (χ1v) is 4.67. The number of carbonyl (C=O) groups is 1. The molecule has 0 heterocycles. The largest absolute Gasteiger partial charge is 0.506 e. The molecule has 0 aliphatic rings. The molecule has 0 radical (unpaired) electrons. The van der Waals surface area contributed by atoms with Crippen LogP contribution in [0.1, 0.15) is 17.3 Å². The predicted octanol–water partition coefficient (Wildman–Crippen LogP) is 2.88. The van der Waals surface area contributed by atoms with Crippen LogP contribution in [0.25, 0.3) is 0 Å². The van der Waals surface area contributed by atoms with E-state index in [2.05, 4.69) is 0 Å². The summed E-state index contributed by atoms with van der Waals surface area (Å²) in [6.07, 6.45) is 0. The number of rotatable bonds is 2. The van der Waals surface area contributed by atoms with Gasteiger partial charge in [-0.15, -0.1) is 0 Å². The molecule has 0 saturated carbocycles. The van der Waals surface area contributed by atoms with E-state index in [1.807, 2.05) is 0 Å². The van der Waals surface area contributed by atoms with E-state index in [-0.39, 0.29) is 28.0 Å². The van der Waals surface area contributed by atoms with Crippen molar-refractivity contribution < 1.29 is 14.6 Å². The second-order valence-electron chi connectivity index (χ2n) is 2.48. The second-order valence-corrected chi connectivity index (χ2v) is 3.26. The molecule has 0 spiro atoms. The lowest BCUT2D eigenvalue weighted by atomic mass is 10.2. The van der Waals surface area contributed by atoms with Crippen LogP contribution in [-0.2, 0) is 4.74 Å². The summed E-state index contributed by atoms with van der Waals surface area (Å²) in [5.41, 5.74) is -0.00446. The van der Waals surface area contributed by atoms with E-state index >= 15 is 0 Å². The van der Waals surface area contributed by atoms with E-state index in [1.54, 1.807) is 6.92 Å². The fourth-order valence-electron chi connectivity index (χ4n) is 0.932. The van der Waals surface area contributed by atoms with Gasteiger partial charge >= 0.3 is 5.97 Å². The fraction of sp³-hybridized carbons (Fsp3) is 0.222. The lowest BCUT2D eigenvalue weighted by Gasteiger charge is -2.06. The minimum atomic E-state index is -0.640. The Labute approximate surface area is 91.2 Å². The summed E-state index contributed by atoms with van der Waals surface area (Å²) in [4.78, 5) is 11.3. The highest BCUT2D eigenvalue weighted by atomic mass is 35.5. The Morgan fingerprint density at radius 3 is 2.71 bits per heavy atom. The lowest BCUT2D eigenvalue weighted by molar-refractivity contribution is 0.0526. The molecule has 1 N–H and O–H groups in total. The summed E-state index contributed by atoms with van der Waals surface area (Å²) in [5.74, 6) is -0.836. The van der Waals surface area contributed by atoms with Gasteiger partial charge in [-0.05, 0) is 19.1 Å². The normalized spacial score (nSPS) is 9.93. The summed E-state index contributed by atoms with van der Waals surface area (Å²) in [5, 5.41) is 9.31. The molecule has 3 nitrogen and oxygen atoms in total. The van der Waals surface area contributed by atoms with Gasteiger partial charge in [0.1, 0.15) is 11.3 Å². The maximum Gasteiger partial charge on any atom is 0.341 e. The van der Waals surface area contributed by atoms with Crippen molar-refractivity contribution in [1.82, 2.24) is 0 Å². The highest BCUT2D eigenvalue weighted by Gasteiger charge is 2.18. The number of benzene rings is 1. The molecule has 1 aromatic carbocycles. The number of carbonyl (C=O) groups excluding carboxylic acids is 1. The third-order valence-electron chi connectivity index (χ3n) is 1.55. The molecule has 1 rings (SSSR count). The van der Waals surface area contributed by atoms with Crippen molar-refractivity contribution in [1.29, 1.82) is 0 Å². The Bertz CT molecular complexity index is 363. The van der Waals surface area contributed by atoms with Gasteiger partial charge in [0.2, 0.25) is 0 Å². The Hall–Kier alpha value is -0.930. The summed E-state index contributed by atoms with van der Waals surface area (Å²) in [7, 11) is 0. The molecule has 0 atom stereocenters. The third kappa shape index (κ3) is 2.11. The zero-order chi connectivity index (χ0) is 10.7.